The van der Waals surface area contributed by atoms with Gasteiger partial charge in [0.2, 0.25) is 0 Å². The number of hydrogen-bond acceptors (Lipinski definition) is 3. The van der Waals surface area contributed by atoms with Crippen molar-refractivity contribution in [2.45, 2.75) is 38.3 Å². The number of nitrogens with one attached hydrogen (secondary N) is 1. The molecule has 2 amide bonds. The molecule has 1 saturated carbocycles. The zero-order valence-electron chi connectivity index (χ0n) is 13.1. The molecule has 0 heterocycles. The monoisotopic (exact) mass is 301 g/mol. The summed E-state index contributed by atoms with van der Waals surface area (Å²) < 4.78 is 0. The van der Waals surface area contributed by atoms with Crippen LogP contribution in [0.1, 0.15) is 43.4 Å². The summed E-state index contributed by atoms with van der Waals surface area (Å²) in [5.41, 5.74) is 1.49. The van der Waals surface area contributed by atoms with Crippen molar-refractivity contribution in [2.75, 3.05) is 13.6 Å². The van der Waals surface area contributed by atoms with Crippen molar-refractivity contribution in [3.05, 3.63) is 35.4 Å². The van der Waals surface area contributed by atoms with E-state index < -0.39 is 0 Å². The molecule has 1 aliphatic carbocycles. The molecule has 0 saturated heterocycles. The summed E-state index contributed by atoms with van der Waals surface area (Å²) in [6.07, 6.45) is 2.54. The fourth-order valence-corrected chi connectivity index (χ4v) is 2.92. The van der Waals surface area contributed by atoms with E-state index in [9.17, 15) is 9.90 Å². The van der Waals surface area contributed by atoms with Gasteiger partial charge in [0, 0.05) is 19.5 Å². The highest BCUT2D eigenvalue weighted by atomic mass is 16.3. The Hall–Kier alpha value is -2.06. The number of carbonyl (C=O) groups excluding carboxylic acids is 1. The molecule has 0 spiro atoms. The quantitative estimate of drug-likeness (QED) is 0.896. The van der Waals surface area contributed by atoms with Crippen LogP contribution in [-0.2, 0) is 0 Å². The van der Waals surface area contributed by atoms with Gasteiger partial charge in [0.1, 0.15) is 0 Å². The molecule has 1 aromatic rings. The van der Waals surface area contributed by atoms with Crippen LogP contribution < -0.4 is 5.32 Å². The number of carbonyl (C=O) groups is 1. The molecule has 0 bridgehead atoms. The highest BCUT2D eigenvalue weighted by Gasteiger charge is 2.27. The van der Waals surface area contributed by atoms with Crippen molar-refractivity contribution in [2.24, 2.45) is 5.92 Å². The second kappa shape index (κ2) is 7.28. The Bertz CT molecular complexity index is 567. The first kappa shape index (κ1) is 16.3. The van der Waals surface area contributed by atoms with Crippen molar-refractivity contribution in [3.8, 4) is 6.07 Å². The molecule has 5 heteroatoms. The Kier molecular flexibility index (Phi) is 5.40. The molecule has 0 unspecified atom stereocenters. The highest BCUT2D eigenvalue weighted by Crippen LogP contribution is 2.26. The van der Waals surface area contributed by atoms with Gasteiger partial charge in [-0.25, -0.2) is 4.79 Å². The van der Waals surface area contributed by atoms with Crippen LogP contribution in [0.2, 0.25) is 0 Å². The smallest absolute Gasteiger partial charge is 0.317 e. The average molecular weight is 301 g/mol. The topological polar surface area (TPSA) is 76.4 Å². The van der Waals surface area contributed by atoms with Crippen LogP contribution in [-0.4, -0.2) is 35.7 Å². The van der Waals surface area contributed by atoms with Crippen LogP contribution in [0.3, 0.4) is 0 Å². The summed E-state index contributed by atoms with van der Waals surface area (Å²) in [5.74, 6) is 0.174. The third kappa shape index (κ3) is 3.99. The molecule has 1 aromatic carbocycles. The summed E-state index contributed by atoms with van der Waals surface area (Å²) in [6, 6.07) is 9.01. The number of aliphatic hydroxyl groups excluding tert-OH is 1. The van der Waals surface area contributed by atoms with E-state index in [4.69, 9.17) is 5.26 Å². The summed E-state index contributed by atoms with van der Waals surface area (Å²) in [5, 5.41) is 21.7. The molecule has 3 atom stereocenters. The molecule has 2 N–H and O–H groups in total. The molecule has 0 radical (unpaired) electrons. The molecule has 0 aromatic heterocycles. The zero-order valence-corrected chi connectivity index (χ0v) is 13.1. The van der Waals surface area contributed by atoms with Gasteiger partial charge in [-0.1, -0.05) is 18.6 Å². The van der Waals surface area contributed by atoms with E-state index >= 15 is 0 Å². The standard InChI is InChI=1S/C17H23N3O2/c1-12(14-6-3-5-13(9-14)10-18)19-17(22)20(2)11-15-7-4-8-16(15)21/h3,5-6,9,12,15-16,21H,4,7-8,11H2,1-2H3,(H,19,22)/t12-,15+,16-/m0/s1. The van der Waals surface area contributed by atoms with E-state index in [2.05, 4.69) is 11.4 Å². The van der Waals surface area contributed by atoms with Gasteiger partial charge in [-0.15, -0.1) is 0 Å². The minimum absolute atomic E-state index is 0.158. The summed E-state index contributed by atoms with van der Waals surface area (Å²) in [6.45, 7) is 2.46. The van der Waals surface area contributed by atoms with Crippen LogP contribution in [0, 0.1) is 17.2 Å². The Morgan fingerprint density at radius 3 is 2.95 bits per heavy atom. The van der Waals surface area contributed by atoms with Gasteiger partial charge in [-0.3, -0.25) is 0 Å². The fraction of sp³-hybridized carbons (Fsp3) is 0.529. The predicted molar refractivity (Wildman–Crippen MR) is 84.1 cm³/mol. The third-order valence-electron chi connectivity index (χ3n) is 4.33. The summed E-state index contributed by atoms with van der Waals surface area (Å²) in [4.78, 5) is 13.9. The number of nitriles is 1. The molecule has 5 nitrogen and oxygen atoms in total. The van der Waals surface area contributed by atoms with Gasteiger partial charge in [-0.05, 0) is 37.5 Å². The normalized spacial score (nSPS) is 21.9. The summed E-state index contributed by atoms with van der Waals surface area (Å²) in [7, 11) is 1.75. The van der Waals surface area contributed by atoms with Crippen LogP contribution in [0.25, 0.3) is 0 Å². The maximum Gasteiger partial charge on any atom is 0.317 e. The predicted octanol–water partition coefficient (Wildman–Crippen LogP) is 2.42. The molecular formula is C17H23N3O2. The van der Waals surface area contributed by atoms with E-state index in [0.717, 1.165) is 24.8 Å². The van der Waals surface area contributed by atoms with E-state index in [0.29, 0.717) is 12.1 Å². The number of rotatable bonds is 4. The van der Waals surface area contributed by atoms with Crippen molar-refractivity contribution in [3.63, 3.8) is 0 Å². The lowest BCUT2D eigenvalue weighted by Crippen LogP contribution is -2.42. The van der Waals surface area contributed by atoms with E-state index in [-0.39, 0.29) is 24.1 Å². The second-order valence-corrected chi connectivity index (χ2v) is 6.05. The van der Waals surface area contributed by atoms with Gasteiger partial charge in [0.25, 0.3) is 0 Å². The maximum atomic E-state index is 12.2. The average Bonchev–Trinajstić information content (AvgIpc) is 2.92. The number of hydrogen-bond donors (Lipinski definition) is 2. The molecule has 2 rings (SSSR count). The van der Waals surface area contributed by atoms with Crippen molar-refractivity contribution < 1.29 is 9.90 Å². The van der Waals surface area contributed by atoms with Gasteiger partial charge >= 0.3 is 6.03 Å². The number of benzene rings is 1. The first-order valence-electron chi connectivity index (χ1n) is 7.71. The largest absolute Gasteiger partial charge is 0.393 e. The van der Waals surface area contributed by atoms with Crippen molar-refractivity contribution in [1.82, 2.24) is 10.2 Å². The van der Waals surface area contributed by atoms with Crippen LogP contribution >= 0.6 is 0 Å². The molecule has 118 valence electrons. The number of amides is 2. The molecule has 0 aliphatic heterocycles. The van der Waals surface area contributed by atoms with Gasteiger partial charge in [0.15, 0.2) is 0 Å². The fourth-order valence-electron chi connectivity index (χ4n) is 2.92. The number of nitrogens with zero attached hydrogens (tertiary/aromatic N) is 2. The molecule has 22 heavy (non-hydrogen) atoms. The highest BCUT2D eigenvalue weighted by molar-refractivity contribution is 5.74. The zero-order chi connectivity index (χ0) is 16.1. The van der Waals surface area contributed by atoms with Gasteiger partial charge in [0.05, 0.1) is 23.8 Å². The lowest BCUT2D eigenvalue weighted by Gasteiger charge is -2.25. The van der Waals surface area contributed by atoms with Crippen LogP contribution in [0.4, 0.5) is 4.79 Å². The molecule has 1 fully saturated rings. The second-order valence-electron chi connectivity index (χ2n) is 6.05. The Morgan fingerprint density at radius 2 is 2.32 bits per heavy atom. The van der Waals surface area contributed by atoms with Gasteiger partial charge in [-0.2, -0.15) is 5.26 Å². The number of aliphatic hydroxyl groups is 1. The van der Waals surface area contributed by atoms with E-state index in [1.807, 2.05) is 19.1 Å². The first-order chi connectivity index (χ1) is 10.5. The van der Waals surface area contributed by atoms with Crippen molar-refractivity contribution in [1.29, 1.82) is 5.26 Å². The van der Waals surface area contributed by atoms with Crippen LogP contribution in [0.15, 0.2) is 24.3 Å². The van der Waals surface area contributed by atoms with E-state index in [1.165, 1.54) is 0 Å². The minimum Gasteiger partial charge on any atom is -0.393 e. The van der Waals surface area contributed by atoms with E-state index in [1.54, 1.807) is 24.1 Å². The first-order valence-corrected chi connectivity index (χ1v) is 7.71. The Labute approximate surface area is 131 Å². The molecular weight excluding hydrogens is 278 g/mol. The minimum atomic E-state index is -0.292. The Morgan fingerprint density at radius 1 is 1.55 bits per heavy atom. The maximum absolute atomic E-state index is 12.2. The lowest BCUT2D eigenvalue weighted by atomic mass is 10.1. The van der Waals surface area contributed by atoms with Gasteiger partial charge < -0.3 is 15.3 Å². The molecule has 1 aliphatic rings. The Balaban J connectivity index is 1.91. The van der Waals surface area contributed by atoms with Crippen LogP contribution in [0.5, 0.6) is 0 Å². The third-order valence-corrected chi connectivity index (χ3v) is 4.33. The van der Waals surface area contributed by atoms with Crippen molar-refractivity contribution >= 4 is 6.03 Å². The lowest BCUT2D eigenvalue weighted by molar-refractivity contribution is 0.113. The SMILES string of the molecule is C[C@H](NC(=O)N(C)C[C@H]1CCC[C@@H]1O)c1cccc(C#N)c1. The number of urea groups is 1. The summed E-state index contributed by atoms with van der Waals surface area (Å²) >= 11 is 0.